The Bertz CT molecular complexity index is 1200. The first-order valence-electron chi connectivity index (χ1n) is 8.15. The minimum Gasteiger partial charge on any atom is -0.422 e. The summed E-state index contributed by atoms with van der Waals surface area (Å²) < 4.78 is 6.35. The first kappa shape index (κ1) is 17.6. The molecule has 27 heavy (non-hydrogen) atoms. The van der Waals surface area contributed by atoms with Crippen LogP contribution in [0.1, 0.15) is 12.5 Å². The number of rotatable bonds is 4. The number of benzene rings is 2. The average molecular weight is 440 g/mol. The van der Waals surface area contributed by atoms with Gasteiger partial charge in [0.25, 0.3) is 0 Å². The molecule has 1 N–H and O–H groups in total. The Morgan fingerprint density at radius 3 is 2.81 bits per heavy atom. The van der Waals surface area contributed by atoms with Gasteiger partial charge in [-0.15, -0.1) is 0 Å². The number of hydrogen-bond donors (Lipinski definition) is 1. The molecule has 4 aromatic rings. The molecule has 0 saturated heterocycles. The van der Waals surface area contributed by atoms with Crippen molar-refractivity contribution in [2.45, 2.75) is 6.92 Å². The van der Waals surface area contributed by atoms with Gasteiger partial charge in [-0.3, -0.25) is 5.43 Å². The lowest BCUT2D eigenvalue weighted by Crippen LogP contribution is -2.01. The Morgan fingerprint density at radius 1 is 1.19 bits per heavy atom. The number of halogens is 1. The van der Waals surface area contributed by atoms with Crippen molar-refractivity contribution in [3.63, 3.8) is 0 Å². The molecule has 0 bridgehead atoms. The van der Waals surface area contributed by atoms with E-state index in [9.17, 15) is 4.79 Å². The molecular weight excluding hydrogens is 426 g/mol. The van der Waals surface area contributed by atoms with Crippen LogP contribution in [-0.2, 0) is 0 Å². The number of nitrogens with one attached hydrogen (secondary N) is 1. The summed E-state index contributed by atoms with van der Waals surface area (Å²) in [5.74, 6) is 0. The topological polar surface area (TPSA) is 67.5 Å². The van der Waals surface area contributed by atoms with Gasteiger partial charge in [0.2, 0.25) is 5.13 Å². The Balaban J connectivity index is 1.62. The van der Waals surface area contributed by atoms with Crippen LogP contribution in [0.2, 0.25) is 0 Å². The van der Waals surface area contributed by atoms with Crippen LogP contribution in [0.15, 0.2) is 79.6 Å². The summed E-state index contributed by atoms with van der Waals surface area (Å²) in [4.78, 5) is 17.4. The van der Waals surface area contributed by atoms with Crippen molar-refractivity contribution in [1.29, 1.82) is 0 Å². The lowest BCUT2D eigenvalue weighted by molar-refractivity contribution is 0.563. The molecule has 0 atom stereocenters. The van der Waals surface area contributed by atoms with Crippen molar-refractivity contribution in [3.05, 3.63) is 81.3 Å². The van der Waals surface area contributed by atoms with E-state index in [-0.39, 0.29) is 5.63 Å². The predicted octanol–water partition coefficient (Wildman–Crippen LogP) is 5.52. The maximum atomic E-state index is 12.3. The number of nitrogens with zero attached hydrogens (tertiary/aromatic N) is 2. The van der Waals surface area contributed by atoms with E-state index >= 15 is 0 Å². The van der Waals surface area contributed by atoms with Crippen LogP contribution in [0.3, 0.4) is 0 Å². The lowest BCUT2D eigenvalue weighted by atomic mass is 10.1. The molecule has 0 aliphatic carbocycles. The van der Waals surface area contributed by atoms with Gasteiger partial charge < -0.3 is 4.42 Å². The normalized spacial score (nSPS) is 11.7. The summed E-state index contributed by atoms with van der Waals surface area (Å²) in [5, 5.41) is 5.82. The van der Waals surface area contributed by atoms with E-state index in [0.29, 0.717) is 16.3 Å². The minimum atomic E-state index is -0.385. The predicted molar refractivity (Wildman–Crippen MR) is 114 cm³/mol. The number of anilines is 1. The smallest absolute Gasteiger partial charge is 0.345 e. The summed E-state index contributed by atoms with van der Waals surface area (Å²) in [6.45, 7) is 1.92. The molecule has 2 heterocycles. The Hall–Kier alpha value is -2.77. The first-order chi connectivity index (χ1) is 13.1. The average Bonchev–Trinajstić information content (AvgIpc) is 3.15. The molecule has 134 valence electrons. The molecule has 0 spiro atoms. The third-order valence-electron chi connectivity index (χ3n) is 3.98. The molecule has 2 aromatic heterocycles. The van der Waals surface area contributed by atoms with E-state index in [1.165, 1.54) is 11.3 Å². The van der Waals surface area contributed by atoms with Crippen LogP contribution in [-0.4, -0.2) is 10.7 Å². The number of hydrazone groups is 1. The van der Waals surface area contributed by atoms with E-state index in [4.69, 9.17) is 4.42 Å². The van der Waals surface area contributed by atoms with Crippen molar-refractivity contribution < 1.29 is 4.42 Å². The van der Waals surface area contributed by atoms with Crippen LogP contribution in [0.25, 0.3) is 21.4 Å². The molecule has 7 heteroatoms. The van der Waals surface area contributed by atoms with Crippen LogP contribution in [0.5, 0.6) is 0 Å². The quantitative estimate of drug-likeness (QED) is 0.258. The fraction of sp³-hybridized carbons (Fsp3) is 0.0500. The lowest BCUT2D eigenvalue weighted by Gasteiger charge is -2.01. The monoisotopic (exact) mass is 439 g/mol. The van der Waals surface area contributed by atoms with E-state index < -0.39 is 0 Å². The van der Waals surface area contributed by atoms with Gasteiger partial charge in [0.05, 0.1) is 16.2 Å². The summed E-state index contributed by atoms with van der Waals surface area (Å²) in [6.07, 6.45) is 1.65. The molecule has 5 nitrogen and oxygen atoms in total. The minimum absolute atomic E-state index is 0.385. The van der Waals surface area contributed by atoms with Crippen LogP contribution >= 0.6 is 27.3 Å². The molecule has 0 aliphatic heterocycles. The second-order valence-corrected chi connectivity index (χ2v) is 7.78. The Morgan fingerprint density at radius 2 is 2.00 bits per heavy atom. The molecule has 0 fully saturated rings. The van der Waals surface area contributed by atoms with Gasteiger partial charge in [-0.25, -0.2) is 9.78 Å². The van der Waals surface area contributed by atoms with Gasteiger partial charge in [-0.2, -0.15) is 5.10 Å². The van der Waals surface area contributed by atoms with Crippen molar-refractivity contribution in [1.82, 2.24) is 4.98 Å². The molecule has 0 radical (unpaired) electrons. The summed E-state index contributed by atoms with van der Waals surface area (Å²) in [7, 11) is 0. The highest BCUT2D eigenvalue weighted by Gasteiger charge is 2.12. The zero-order chi connectivity index (χ0) is 18.8. The molecule has 0 unspecified atom stereocenters. The molecule has 0 amide bonds. The third-order valence-corrected chi connectivity index (χ3v) is 5.40. The van der Waals surface area contributed by atoms with Crippen LogP contribution < -0.4 is 11.1 Å². The molecule has 0 saturated carbocycles. The van der Waals surface area contributed by atoms with Gasteiger partial charge in [0.15, 0.2) is 0 Å². The van der Waals surface area contributed by atoms with Gasteiger partial charge in [-0.05, 0) is 36.8 Å². The number of fused-ring (bicyclic) bond motifs is 1. The van der Waals surface area contributed by atoms with E-state index in [1.807, 2.05) is 55.5 Å². The summed E-state index contributed by atoms with van der Waals surface area (Å²) in [5.41, 5.74) is 5.48. The summed E-state index contributed by atoms with van der Waals surface area (Å²) >= 11 is 4.78. The Labute approximate surface area is 167 Å². The van der Waals surface area contributed by atoms with Crippen molar-refractivity contribution in [3.8, 4) is 10.4 Å². The molecule has 4 rings (SSSR count). The van der Waals surface area contributed by atoms with Crippen LogP contribution in [0.4, 0.5) is 5.13 Å². The van der Waals surface area contributed by atoms with E-state index in [2.05, 4.69) is 31.4 Å². The number of thiazole rings is 1. The third kappa shape index (κ3) is 3.84. The first-order valence-corrected chi connectivity index (χ1v) is 9.76. The van der Waals surface area contributed by atoms with Crippen molar-refractivity contribution in [2.75, 3.05) is 5.43 Å². The fourth-order valence-electron chi connectivity index (χ4n) is 2.59. The zero-order valence-corrected chi connectivity index (χ0v) is 16.7. The second-order valence-electron chi connectivity index (χ2n) is 5.83. The van der Waals surface area contributed by atoms with Gasteiger partial charge in [-0.1, -0.05) is 57.6 Å². The van der Waals surface area contributed by atoms with Gasteiger partial charge in [0, 0.05) is 16.1 Å². The maximum Gasteiger partial charge on any atom is 0.345 e. The number of aromatic nitrogens is 1. The van der Waals surface area contributed by atoms with Crippen molar-refractivity contribution >= 4 is 49.1 Å². The van der Waals surface area contributed by atoms with Crippen LogP contribution in [0, 0.1) is 0 Å². The standard InChI is InChI=1S/C20H14BrN3O2S/c1-12(13-5-3-2-4-6-13)23-24-20-22-11-18(27-20)16-10-14-9-15(21)7-8-17(14)26-19(16)25/h2-11H,1H3,(H,22,24)/b23-12-. The van der Waals surface area contributed by atoms with Crippen molar-refractivity contribution in [2.24, 2.45) is 5.10 Å². The highest BCUT2D eigenvalue weighted by molar-refractivity contribution is 9.10. The molecule has 0 aliphatic rings. The highest BCUT2D eigenvalue weighted by Crippen LogP contribution is 2.29. The Kier molecular flexibility index (Phi) is 4.87. The van der Waals surface area contributed by atoms with E-state index in [1.54, 1.807) is 12.3 Å². The SMILES string of the molecule is C/C(=N/Nc1ncc(-c2cc3cc(Br)ccc3oc2=O)s1)c1ccccc1. The second kappa shape index (κ2) is 7.46. The molecule has 2 aromatic carbocycles. The van der Waals surface area contributed by atoms with Gasteiger partial charge >= 0.3 is 5.63 Å². The maximum absolute atomic E-state index is 12.3. The zero-order valence-electron chi connectivity index (χ0n) is 14.3. The molecular formula is C20H14BrN3O2S. The largest absolute Gasteiger partial charge is 0.422 e. The highest BCUT2D eigenvalue weighted by atomic mass is 79.9. The summed E-state index contributed by atoms with van der Waals surface area (Å²) in [6, 6.07) is 17.2. The van der Waals surface area contributed by atoms with E-state index in [0.717, 1.165) is 26.0 Å². The number of hydrogen-bond acceptors (Lipinski definition) is 6. The van der Waals surface area contributed by atoms with Gasteiger partial charge in [0.1, 0.15) is 5.58 Å². The fourth-order valence-corrected chi connectivity index (χ4v) is 3.73.